The Morgan fingerprint density at radius 1 is 1.36 bits per heavy atom. The predicted octanol–water partition coefficient (Wildman–Crippen LogP) is 0.799. The molecule has 3 aromatic rings. The van der Waals surface area contributed by atoms with Crippen molar-refractivity contribution in [3.05, 3.63) is 34.9 Å². The van der Waals surface area contributed by atoms with E-state index in [-0.39, 0.29) is 5.43 Å². The van der Waals surface area contributed by atoms with Crippen molar-refractivity contribution in [2.75, 3.05) is 0 Å². The second-order valence-corrected chi connectivity index (χ2v) is 3.01. The Bertz CT molecular complexity index is 667. The van der Waals surface area contributed by atoms with Crippen molar-refractivity contribution in [1.29, 1.82) is 0 Å². The van der Waals surface area contributed by atoms with Gasteiger partial charge < -0.3 is 4.98 Å². The molecule has 3 heterocycles. The average molecular weight is 186 g/mol. The summed E-state index contributed by atoms with van der Waals surface area (Å²) < 4.78 is 0. The molecular formula is C9H6N4O. The number of H-pyrrole nitrogens is 2. The van der Waals surface area contributed by atoms with Crippen LogP contribution in [-0.2, 0) is 0 Å². The predicted molar refractivity (Wildman–Crippen MR) is 52.0 cm³/mol. The second kappa shape index (κ2) is 2.41. The molecule has 0 aliphatic rings. The van der Waals surface area contributed by atoms with Crippen molar-refractivity contribution in [2.45, 2.75) is 0 Å². The summed E-state index contributed by atoms with van der Waals surface area (Å²) in [5, 5.41) is 8.08. The van der Waals surface area contributed by atoms with Crippen LogP contribution in [0.1, 0.15) is 0 Å². The minimum Gasteiger partial charge on any atom is -0.346 e. The van der Waals surface area contributed by atoms with E-state index in [2.05, 4.69) is 20.2 Å². The first-order valence-electron chi connectivity index (χ1n) is 4.16. The number of nitrogens with one attached hydrogen (secondary N) is 2. The molecule has 0 aromatic carbocycles. The Balaban J connectivity index is 2.82. The van der Waals surface area contributed by atoms with E-state index in [1.807, 2.05) is 0 Å². The van der Waals surface area contributed by atoms with Crippen molar-refractivity contribution >= 4 is 21.9 Å². The fourth-order valence-corrected chi connectivity index (χ4v) is 1.55. The molecule has 14 heavy (non-hydrogen) atoms. The molecule has 0 atom stereocenters. The van der Waals surface area contributed by atoms with E-state index >= 15 is 0 Å². The third-order valence-electron chi connectivity index (χ3n) is 2.19. The first-order valence-corrected chi connectivity index (χ1v) is 4.16. The zero-order chi connectivity index (χ0) is 9.54. The van der Waals surface area contributed by atoms with E-state index in [4.69, 9.17) is 0 Å². The summed E-state index contributed by atoms with van der Waals surface area (Å²) in [5.74, 6) is 0. The van der Waals surface area contributed by atoms with Crippen LogP contribution in [-0.4, -0.2) is 20.2 Å². The van der Waals surface area contributed by atoms with Crippen LogP contribution in [0.4, 0.5) is 0 Å². The maximum atomic E-state index is 11.6. The third-order valence-corrected chi connectivity index (χ3v) is 2.19. The zero-order valence-electron chi connectivity index (χ0n) is 7.11. The third kappa shape index (κ3) is 0.806. The van der Waals surface area contributed by atoms with Crippen LogP contribution < -0.4 is 5.43 Å². The van der Waals surface area contributed by atoms with Crippen molar-refractivity contribution in [2.24, 2.45) is 0 Å². The Morgan fingerprint density at radius 2 is 2.29 bits per heavy atom. The van der Waals surface area contributed by atoms with Crippen molar-refractivity contribution in [3.63, 3.8) is 0 Å². The van der Waals surface area contributed by atoms with Gasteiger partial charge in [-0.2, -0.15) is 5.10 Å². The van der Waals surface area contributed by atoms with Crippen LogP contribution >= 0.6 is 0 Å². The molecule has 68 valence electrons. The van der Waals surface area contributed by atoms with Crippen LogP contribution in [0, 0.1) is 0 Å². The molecular weight excluding hydrogens is 180 g/mol. The molecule has 0 aliphatic carbocycles. The van der Waals surface area contributed by atoms with Crippen LogP contribution in [0.15, 0.2) is 29.5 Å². The average Bonchev–Trinajstić information content (AvgIpc) is 2.53. The van der Waals surface area contributed by atoms with E-state index in [0.717, 1.165) is 5.39 Å². The number of aromatic nitrogens is 4. The summed E-state index contributed by atoms with van der Waals surface area (Å²) in [4.78, 5) is 18.6. The summed E-state index contributed by atoms with van der Waals surface area (Å²) in [5.41, 5.74) is 1.33. The number of aromatic amines is 2. The van der Waals surface area contributed by atoms with E-state index in [9.17, 15) is 4.79 Å². The Labute approximate surface area is 77.8 Å². The number of rotatable bonds is 0. The standard InChI is InChI=1S/C9H6N4O/c14-7-1-2-10-9-8-5(7)3-12-13-6(8)4-11-9/h1-4,10,12H. The van der Waals surface area contributed by atoms with Gasteiger partial charge in [-0.3, -0.25) is 9.89 Å². The fourth-order valence-electron chi connectivity index (χ4n) is 1.55. The largest absolute Gasteiger partial charge is 0.346 e. The van der Waals surface area contributed by atoms with Gasteiger partial charge in [-0.1, -0.05) is 0 Å². The molecule has 2 N–H and O–H groups in total. The normalized spacial score (nSPS) is 11.1. The van der Waals surface area contributed by atoms with Gasteiger partial charge in [0.25, 0.3) is 0 Å². The van der Waals surface area contributed by atoms with Crippen molar-refractivity contribution in [3.8, 4) is 0 Å². The van der Waals surface area contributed by atoms with Crippen LogP contribution in [0.25, 0.3) is 21.9 Å². The molecule has 0 spiro atoms. The minimum atomic E-state index is -0.0482. The van der Waals surface area contributed by atoms with Gasteiger partial charge in [0.1, 0.15) is 11.2 Å². The van der Waals surface area contributed by atoms with Crippen molar-refractivity contribution < 1.29 is 0 Å². The molecule has 0 amide bonds. The number of hydrogen-bond acceptors (Lipinski definition) is 3. The van der Waals surface area contributed by atoms with E-state index in [1.54, 1.807) is 18.6 Å². The first-order chi connectivity index (χ1) is 6.86. The molecule has 0 saturated heterocycles. The van der Waals surface area contributed by atoms with Gasteiger partial charge in [0.15, 0.2) is 5.43 Å². The molecule has 0 saturated carbocycles. The summed E-state index contributed by atoms with van der Waals surface area (Å²) in [6.07, 6.45) is 4.81. The Kier molecular flexibility index (Phi) is 1.25. The number of hydrogen-bond donors (Lipinski definition) is 2. The van der Waals surface area contributed by atoms with Gasteiger partial charge in [0.05, 0.1) is 17.0 Å². The maximum absolute atomic E-state index is 11.6. The maximum Gasteiger partial charge on any atom is 0.189 e. The molecule has 0 radical (unpaired) electrons. The number of nitrogens with zero attached hydrogens (tertiary/aromatic N) is 2. The smallest absolute Gasteiger partial charge is 0.189 e. The van der Waals surface area contributed by atoms with E-state index in [0.29, 0.717) is 16.6 Å². The summed E-state index contributed by atoms with van der Waals surface area (Å²) in [7, 11) is 0. The van der Waals surface area contributed by atoms with Gasteiger partial charge >= 0.3 is 0 Å². The molecule has 5 heteroatoms. The molecule has 0 bridgehead atoms. The summed E-state index contributed by atoms with van der Waals surface area (Å²) in [6.45, 7) is 0. The van der Waals surface area contributed by atoms with E-state index in [1.165, 1.54) is 6.07 Å². The lowest BCUT2D eigenvalue weighted by Crippen LogP contribution is -1.95. The molecule has 0 unspecified atom stereocenters. The van der Waals surface area contributed by atoms with Gasteiger partial charge in [-0.25, -0.2) is 4.98 Å². The highest BCUT2D eigenvalue weighted by molar-refractivity contribution is 6.04. The minimum absolute atomic E-state index is 0.0482. The van der Waals surface area contributed by atoms with Crippen LogP contribution in [0.5, 0.6) is 0 Å². The fraction of sp³-hybridized carbons (Fsp3) is 0. The lowest BCUT2D eigenvalue weighted by molar-refractivity contribution is 1.08. The van der Waals surface area contributed by atoms with Gasteiger partial charge in [0, 0.05) is 18.5 Å². The zero-order valence-corrected chi connectivity index (χ0v) is 7.11. The molecule has 3 aromatic heterocycles. The highest BCUT2D eigenvalue weighted by atomic mass is 16.1. The Hall–Kier alpha value is -2.17. The molecule has 0 aliphatic heterocycles. The van der Waals surface area contributed by atoms with Gasteiger partial charge in [-0.05, 0) is 0 Å². The highest BCUT2D eigenvalue weighted by Crippen LogP contribution is 2.17. The van der Waals surface area contributed by atoms with E-state index < -0.39 is 0 Å². The first kappa shape index (κ1) is 7.25. The van der Waals surface area contributed by atoms with Crippen LogP contribution in [0.3, 0.4) is 0 Å². The summed E-state index contributed by atoms with van der Waals surface area (Å²) in [6, 6.07) is 1.48. The topological polar surface area (TPSA) is 74.4 Å². The van der Waals surface area contributed by atoms with Crippen LogP contribution in [0.2, 0.25) is 0 Å². The summed E-state index contributed by atoms with van der Waals surface area (Å²) >= 11 is 0. The molecule has 0 fully saturated rings. The molecule has 5 nitrogen and oxygen atoms in total. The lowest BCUT2D eigenvalue weighted by Gasteiger charge is -1.89. The lowest BCUT2D eigenvalue weighted by atomic mass is 10.2. The highest BCUT2D eigenvalue weighted by Gasteiger charge is 2.06. The second-order valence-electron chi connectivity index (χ2n) is 3.01. The van der Waals surface area contributed by atoms with Crippen molar-refractivity contribution in [1.82, 2.24) is 20.2 Å². The van der Waals surface area contributed by atoms with Gasteiger partial charge in [0.2, 0.25) is 0 Å². The van der Waals surface area contributed by atoms with Gasteiger partial charge in [-0.15, -0.1) is 0 Å². The monoisotopic (exact) mass is 186 g/mol. The SMILES string of the molecule is O=c1cc[nH]c2ncc3n[nH]cc1c32. The Morgan fingerprint density at radius 3 is 3.21 bits per heavy atom. The quantitative estimate of drug-likeness (QED) is 0.545. The molecule has 3 rings (SSSR count).